The number of H-pyrrole nitrogens is 1. The highest BCUT2D eigenvalue weighted by molar-refractivity contribution is 6.03. The lowest BCUT2D eigenvalue weighted by atomic mass is 10.2. The molecule has 0 saturated heterocycles. The Kier molecular flexibility index (Phi) is 2.68. The van der Waals surface area contributed by atoms with E-state index in [1.165, 1.54) is 6.20 Å². The fourth-order valence-corrected chi connectivity index (χ4v) is 1.72. The van der Waals surface area contributed by atoms with Gasteiger partial charge in [-0.25, -0.2) is 4.98 Å². The number of aromatic amines is 1. The number of aromatic nitrogens is 4. The van der Waals surface area contributed by atoms with Crippen molar-refractivity contribution in [1.29, 1.82) is 0 Å². The second kappa shape index (κ2) is 4.49. The number of hydrogen-bond donors (Lipinski definition) is 2. The van der Waals surface area contributed by atoms with Gasteiger partial charge in [0.25, 0.3) is 5.91 Å². The predicted molar refractivity (Wildman–Crippen MR) is 70.8 cm³/mol. The van der Waals surface area contributed by atoms with E-state index in [2.05, 4.69) is 25.5 Å². The van der Waals surface area contributed by atoms with Crippen LogP contribution in [-0.2, 0) is 0 Å². The lowest BCUT2D eigenvalue weighted by molar-refractivity contribution is 0.102. The van der Waals surface area contributed by atoms with Crippen molar-refractivity contribution in [2.24, 2.45) is 0 Å². The number of nitrogens with one attached hydrogen (secondary N) is 2. The van der Waals surface area contributed by atoms with Crippen LogP contribution in [0.4, 0.5) is 5.69 Å². The zero-order valence-electron chi connectivity index (χ0n) is 10.2. The molecule has 0 spiro atoms. The largest absolute Gasteiger partial charge is 0.321 e. The average molecular weight is 253 g/mol. The van der Waals surface area contributed by atoms with Crippen LogP contribution in [0.1, 0.15) is 16.2 Å². The standard InChI is InChI=1S/C13H11N5O/c1-8-5-15-12(7-14-8)13(19)17-10-3-2-9-6-16-18-11(9)4-10/h2-7H,1H3,(H,16,18)(H,17,19). The minimum atomic E-state index is -0.286. The van der Waals surface area contributed by atoms with E-state index in [0.29, 0.717) is 5.69 Å². The molecule has 1 amide bonds. The Morgan fingerprint density at radius 3 is 2.89 bits per heavy atom. The molecule has 0 unspecified atom stereocenters. The number of anilines is 1. The Bertz CT molecular complexity index is 732. The maximum atomic E-state index is 12.0. The molecular formula is C13H11N5O. The number of benzene rings is 1. The van der Waals surface area contributed by atoms with Crippen LogP contribution in [0, 0.1) is 6.92 Å². The molecule has 0 aliphatic rings. The summed E-state index contributed by atoms with van der Waals surface area (Å²) in [5.74, 6) is -0.286. The topological polar surface area (TPSA) is 83.6 Å². The smallest absolute Gasteiger partial charge is 0.275 e. The number of nitrogens with zero attached hydrogens (tertiary/aromatic N) is 3. The molecule has 0 atom stereocenters. The van der Waals surface area contributed by atoms with Gasteiger partial charge in [-0.15, -0.1) is 0 Å². The molecule has 0 radical (unpaired) electrons. The summed E-state index contributed by atoms with van der Waals surface area (Å²) in [5.41, 5.74) is 2.61. The minimum absolute atomic E-state index is 0.286. The predicted octanol–water partition coefficient (Wildman–Crippen LogP) is 1.91. The Morgan fingerprint density at radius 2 is 2.11 bits per heavy atom. The molecule has 94 valence electrons. The zero-order chi connectivity index (χ0) is 13.2. The van der Waals surface area contributed by atoms with Crippen LogP contribution in [0.3, 0.4) is 0 Å². The molecular weight excluding hydrogens is 242 g/mol. The molecule has 6 heteroatoms. The van der Waals surface area contributed by atoms with Gasteiger partial charge in [-0.05, 0) is 25.1 Å². The Morgan fingerprint density at radius 1 is 1.21 bits per heavy atom. The first kappa shape index (κ1) is 11.3. The number of aryl methyl sites for hydroxylation is 1. The quantitative estimate of drug-likeness (QED) is 0.730. The number of carbonyl (C=O) groups excluding carboxylic acids is 1. The van der Waals surface area contributed by atoms with Crippen molar-refractivity contribution in [3.63, 3.8) is 0 Å². The maximum Gasteiger partial charge on any atom is 0.275 e. The van der Waals surface area contributed by atoms with Crippen molar-refractivity contribution in [1.82, 2.24) is 20.2 Å². The average Bonchev–Trinajstić information content (AvgIpc) is 2.87. The first-order valence-corrected chi connectivity index (χ1v) is 5.75. The van der Waals surface area contributed by atoms with Crippen molar-refractivity contribution in [2.45, 2.75) is 6.92 Å². The molecule has 2 aromatic heterocycles. The van der Waals surface area contributed by atoms with Crippen molar-refractivity contribution in [3.8, 4) is 0 Å². The number of fused-ring (bicyclic) bond motifs is 1. The molecule has 0 saturated carbocycles. The third kappa shape index (κ3) is 2.28. The molecule has 3 rings (SSSR count). The summed E-state index contributed by atoms with van der Waals surface area (Å²) >= 11 is 0. The molecule has 1 aromatic carbocycles. The molecule has 2 heterocycles. The van der Waals surface area contributed by atoms with E-state index in [1.807, 2.05) is 25.1 Å². The second-order valence-corrected chi connectivity index (χ2v) is 4.17. The van der Waals surface area contributed by atoms with Crippen molar-refractivity contribution < 1.29 is 4.79 Å². The fraction of sp³-hybridized carbons (Fsp3) is 0.0769. The van der Waals surface area contributed by atoms with E-state index in [-0.39, 0.29) is 11.6 Å². The van der Waals surface area contributed by atoms with Crippen LogP contribution in [0.2, 0.25) is 0 Å². The number of carbonyl (C=O) groups is 1. The molecule has 19 heavy (non-hydrogen) atoms. The Labute approximate surface area is 108 Å². The monoisotopic (exact) mass is 253 g/mol. The van der Waals surface area contributed by atoms with Crippen LogP contribution in [0.15, 0.2) is 36.8 Å². The summed E-state index contributed by atoms with van der Waals surface area (Å²) in [7, 11) is 0. The highest BCUT2D eigenvalue weighted by Gasteiger charge is 2.08. The third-order valence-electron chi connectivity index (χ3n) is 2.71. The number of amides is 1. The third-order valence-corrected chi connectivity index (χ3v) is 2.71. The van der Waals surface area contributed by atoms with Crippen LogP contribution < -0.4 is 5.32 Å². The molecule has 0 aliphatic heterocycles. The van der Waals surface area contributed by atoms with E-state index < -0.39 is 0 Å². The van der Waals surface area contributed by atoms with Gasteiger partial charge in [0.05, 0.1) is 23.6 Å². The van der Waals surface area contributed by atoms with Gasteiger partial charge >= 0.3 is 0 Å². The van der Waals surface area contributed by atoms with Gasteiger partial charge in [0.2, 0.25) is 0 Å². The summed E-state index contributed by atoms with van der Waals surface area (Å²) in [6, 6.07) is 5.52. The van der Waals surface area contributed by atoms with E-state index in [4.69, 9.17) is 0 Å². The van der Waals surface area contributed by atoms with Gasteiger partial charge in [-0.1, -0.05) is 0 Å². The SMILES string of the molecule is Cc1cnc(C(=O)Nc2ccc3cn[nH]c3c2)cn1. The van der Waals surface area contributed by atoms with Gasteiger partial charge < -0.3 is 5.32 Å². The zero-order valence-corrected chi connectivity index (χ0v) is 10.2. The lowest BCUT2D eigenvalue weighted by Crippen LogP contribution is -2.14. The summed E-state index contributed by atoms with van der Waals surface area (Å²) in [5, 5.41) is 10.5. The normalized spacial score (nSPS) is 10.6. The van der Waals surface area contributed by atoms with Crippen molar-refractivity contribution in [2.75, 3.05) is 5.32 Å². The first-order chi connectivity index (χ1) is 9.22. The maximum absolute atomic E-state index is 12.0. The highest BCUT2D eigenvalue weighted by atomic mass is 16.1. The number of rotatable bonds is 2. The van der Waals surface area contributed by atoms with Crippen LogP contribution in [0.25, 0.3) is 10.9 Å². The number of hydrogen-bond acceptors (Lipinski definition) is 4. The minimum Gasteiger partial charge on any atom is -0.321 e. The van der Waals surface area contributed by atoms with E-state index in [0.717, 1.165) is 16.6 Å². The van der Waals surface area contributed by atoms with Gasteiger partial charge in [-0.2, -0.15) is 5.10 Å². The first-order valence-electron chi connectivity index (χ1n) is 5.75. The summed E-state index contributed by atoms with van der Waals surface area (Å²) < 4.78 is 0. The van der Waals surface area contributed by atoms with E-state index in [1.54, 1.807) is 12.4 Å². The fourth-order valence-electron chi connectivity index (χ4n) is 1.72. The van der Waals surface area contributed by atoms with Crippen LogP contribution >= 0.6 is 0 Å². The summed E-state index contributed by atoms with van der Waals surface area (Å²) in [6.45, 7) is 1.82. The Hall–Kier alpha value is -2.76. The van der Waals surface area contributed by atoms with Gasteiger partial charge in [-0.3, -0.25) is 14.9 Å². The van der Waals surface area contributed by atoms with Crippen molar-refractivity contribution >= 4 is 22.5 Å². The van der Waals surface area contributed by atoms with E-state index in [9.17, 15) is 4.79 Å². The molecule has 3 aromatic rings. The van der Waals surface area contributed by atoms with Gasteiger partial charge in [0, 0.05) is 17.3 Å². The highest BCUT2D eigenvalue weighted by Crippen LogP contribution is 2.16. The van der Waals surface area contributed by atoms with Crippen LogP contribution in [-0.4, -0.2) is 26.1 Å². The molecule has 6 nitrogen and oxygen atoms in total. The van der Waals surface area contributed by atoms with Gasteiger partial charge in [0.15, 0.2) is 0 Å². The molecule has 0 aliphatic carbocycles. The van der Waals surface area contributed by atoms with E-state index >= 15 is 0 Å². The summed E-state index contributed by atoms with van der Waals surface area (Å²) in [6.07, 6.45) is 4.75. The van der Waals surface area contributed by atoms with Crippen LogP contribution in [0.5, 0.6) is 0 Å². The van der Waals surface area contributed by atoms with Crippen molar-refractivity contribution in [3.05, 3.63) is 48.2 Å². The van der Waals surface area contributed by atoms with Gasteiger partial charge in [0.1, 0.15) is 5.69 Å². The Balaban J connectivity index is 1.83. The second-order valence-electron chi connectivity index (χ2n) is 4.17. The summed E-state index contributed by atoms with van der Waals surface area (Å²) in [4.78, 5) is 20.0. The molecule has 0 fully saturated rings. The molecule has 2 N–H and O–H groups in total. The molecule has 0 bridgehead atoms. The lowest BCUT2D eigenvalue weighted by Gasteiger charge is -2.04.